The van der Waals surface area contributed by atoms with Crippen LogP contribution >= 0.6 is 0 Å². The minimum absolute atomic E-state index is 0.286. The standard InChI is InChI=1S/C14H26/c1-11(13(3,4)5)9-10-12(2)14(6,7)8/h9-10H,1-8H3/b11-9+,12-10+. The van der Waals surface area contributed by atoms with E-state index in [9.17, 15) is 0 Å². The zero-order chi connectivity index (χ0) is 11.6. The van der Waals surface area contributed by atoms with Gasteiger partial charge in [0.25, 0.3) is 0 Å². The Balaban J connectivity index is 4.73. The molecule has 0 heterocycles. The predicted octanol–water partition coefficient (Wildman–Crippen LogP) is 4.97. The summed E-state index contributed by atoms with van der Waals surface area (Å²) in [6, 6.07) is 0. The van der Waals surface area contributed by atoms with Gasteiger partial charge in [-0.25, -0.2) is 0 Å². The average Bonchev–Trinajstić information content (AvgIpc) is 1.95. The monoisotopic (exact) mass is 194 g/mol. The Hall–Kier alpha value is -0.520. The first kappa shape index (κ1) is 13.5. The van der Waals surface area contributed by atoms with Crippen molar-refractivity contribution in [1.82, 2.24) is 0 Å². The van der Waals surface area contributed by atoms with Gasteiger partial charge in [0.2, 0.25) is 0 Å². The Morgan fingerprint density at radius 2 is 0.857 bits per heavy atom. The van der Waals surface area contributed by atoms with E-state index in [1.54, 1.807) is 0 Å². The Bertz CT molecular complexity index is 210. The van der Waals surface area contributed by atoms with Crippen LogP contribution < -0.4 is 0 Å². The summed E-state index contributed by atoms with van der Waals surface area (Å²) in [7, 11) is 0. The topological polar surface area (TPSA) is 0 Å². The van der Waals surface area contributed by atoms with E-state index in [0.717, 1.165) is 0 Å². The normalized spacial score (nSPS) is 16.0. The fourth-order valence-corrected chi connectivity index (χ4v) is 0.750. The summed E-state index contributed by atoms with van der Waals surface area (Å²) >= 11 is 0. The highest BCUT2D eigenvalue weighted by molar-refractivity contribution is 5.21. The molecule has 0 saturated heterocycles. The van der Waals surface area contributed by atoms with E-state index in [1.807, 2.05) is 0 Å². The quantitative estimate of drug-likeness (QED) is 0.517. The molecule has 0 saturated carbocycles. The van der Waals surface area contributed by atoms with Gasteiger partial charge in [-0.05, 0) is 24.7 Å². The van der Waals surface area contributed by atoms with Gasteiger partial charge in [-0.15, -0.1) is 0 Å². The van der Waals surface area contributed by atoms with Crippen LogP contribution in [0.2, 0.25) is 0 Å². The van der Waals surface area contributed by atoms with Crippen molar-refractivity contribution in [3.05, 3.63) is 23.3 Å². The lowest BCUT2D eigenvalue weighted by Gasteiger charge is -2.21. The van der Waals surface area contributed by atoms with Crippen LogP contribution in [0.1, 0.15) is 55.4 Å². The summed E-state index contributed by atoms with van der Waals surface area (Å²) in [4.78, 5) is 0. The minimum Gasteiger partial charge on any atom is -0.0680 e. The van der Waals surface area contributed by atoms with Gasteiger partial charge in [-0.3, -0.25) is 0 Å². The van der Waals surface area contributed by atoms with Gasteiger partial charge in [-0.2, -0.15) is 0 Å². The second-order valence-corrected chi connectivity index (χ2v) is 6.20. The maximum absolute atomic E-state index is 2.25. The molecule has 0 fully saturated rings. The maximum Gasteiger partial charge on any atom is -0.0173 e. The summed E-state index contributed by atoms with van der Waals surface area (Å²) < 4.78 is 0. The SMILES string of the molecule is C/C(=C\C=C(/C)C(C)(C)C)C(C)(C)C. The van der Waals surface area contributed by atoms with E-state index in [1.165, 1.54) is 11.1 Å². The Kier molecular flexibility index (Phi) is 4.17. The molecule has 0 aliphatic heterocycles. The molecular formula is C14H26. The molecule has 0 aromatic carbocycles. The van der Waals surface area contributed by atoms with Gasteiger partial charge in [0.15, 0.2) is 0 Å². The van der Waals surface area contributed by atoms with Crippen LogP contribution in [-0.4, -0.2) is 0 Å². The number of hydrogen-bond acceptors (Lipinski definition) is 0. The summed E-state index contributed by atoms with van der Waals surface area (Å²) in [5.41, 5.74) is 3.44. The number of allylic oxidation sites excluding steroid dienone is 4. The van der Waals surface area contributed by atoms with Crippen LogP contribution in [0.3, 0.4) is 0 Å². The van der Waals surface area contributed by atoms with Gasteiger partial charge in [0.05, 0.1) is 0 Å². The second kappa shape index (κ2) is 4.33. The van der Waals surface area contributed by atoms with Crippen LogP contribution in [0.25, 0.3) is 0 Å². The first-order chi connectivity index (χ1) is 6.05. The first-order valence-corrected chi connectivity index (χ1v) is 5.41. The molecule has 14 heavy (non-hydrogen) atoms. The van der Waals surface area contributed by atoms with Crippen LogP contribution in [0.15, 0.2) is 23.3 Å². The molecule has 82 valence electrons. The Morgan fingerprint density at radius 3 is 1.00 bits per heavy atom. The summed E-state index contributed by atoms with van der Waals surface area (Å²) in [6.45, 7) is 17.9. The highest BCUT2D eigenvalue weighted by Crippen LogP contribution is 2.27. The van der Waals surface area contributed by atoms with Crippen molar-refractivity contribution < 1.29 is 0 Å². The van der Waals surface area contributed by atoms with Crippen molar-refractivity contribution in [2.75, 3.05) is 0 Å². The molecule has 0 amide bonds. The lowest BCUT2D eigenvalue weighted by molar-refractivity contribution is 0.498. The third-order valence-electron chi connectivity index (χ3n) is 2.95. The molecule has 0 N–H and O–H groups in total. The molecule has 0 atom stereocenters. The lowest BCUT2D eigenvalue weighted by atomic mass is 9.85. The zero-order valence-electron chi connectivity index (χ0n) is 11.2. The molecule has 0 bridgehead atoms. The van der Waals surface area contributed by atoms with Crippen molar-refractivity contribution in [3.8, 4) is 0 Å². The summed E-state index contributed by atoms with van der Waals surface area (Å²) in [6.07, 6.45) is 4.50. The number of rotatable bonds is 1. The molecule has 0 radical (unpaired) electrons. The summed E-state index contributed by atoms with van der Waals surface area (Å²) in [5, 5.41) is 0. The third-order valence-corrected chi connectivity index (χ3v) is 2.95. The molecule has 0 unspecified atom stereocenters. The largest absolute Gasteiger partial charge is 0.0680 e. The van der Waals surface area contributed by atoms with E-state index in [-0.39, 0.29) is 10.8 Å². The Morgan fingerprint density at radius 1 is 0.643 bits per heavy atom. The van der Waals surface area contributed by atoms with Gasteiger partial charge in [0.1, 0.15) is 0 Å². The molecule has 0 spiro atoms. The molecular weight excluding hydrogens is 168 g/mol. The zero-order valence-corrected chi connectivity index (χ0v) is 11.2. The van der Waals surface area contributed by atoms with E-state index in [2.05, 4.69) is 67.5 Å². The van der Waals surface area contributed by atoms with Gasteiger partial charge in [-0.1, -0.05) is 64.8 Å². The minimum atomic E-state index is 0.286. The van der Waals surface area contributed by atoms with Crippen molar-refractivity contribution >= 4 is 0 Å². The summed E-state index contributed by atoms with van der Waals surface area (Å²) in [5.74, 6) is 0. The molecule has 0 rings (SSSR count). The average molecular weight is 194 g/mol. The van der Waals surface area contributed by atoms with Crippen LogP contribution in [0.4, 0.5) is 0 Å². The highest BCUT2D eigenvalue weighted by atomic mass is 14.2. The molecule has 0 nitrogen and oxygen atoms in total. The van der Waals surface area contributed by atoms with E-state index >= 15 is 0 Å². The third kappa shape index (κ3) is 4.64. The molecule has 0 aliphatic rings. The van der Waals surface area contributed by atoms with Crippen LogP contribution in [-0.2, 0) is 0 Å². The van der Waals surface area contributed by atoms with Gasteiger partial charge in [0, 0.05) is 0 Å². The predicted molar refractivity (Wildman–Crippen MR) is 66.4 cm³/mol. The van der Waals surface area contributed by atoms with E-state index < -0.39 is 0 Å². The molecule has 0 aromatic heterocycles. The van der Waals surface area contributed by atoms with Crippen molar-refractivity contribution in [2.24, 2.45) is 10.8 Å². The van der Waals surface area contributed by atoms with Crippen molar-refractivity contribution in [1.29, 1.82) is 0 Å². The molecule has 0 aliphatic carbocycles. The fourth-order valence-electron chi connectivity index (χ4n) is 0.750. The van der Waals surface area contributed by atoms with Gasteiger partial charge >= 0.3 is 0 Å². The number of hydrogen-bond donors (Lipinski definition) is 0. The Labute approximate surface area is 90.1 Å². The van der Waals surface area contributed by atoms with E-state index in [0.29, 0.717) is 0 Å². The first-order valence-electron chi connectivity index (χ1n) is 5.41. The smallest absolute Gasteiger partial charge is 0.0173 e. The maximum atomic E-state index is 2.25. The molecule has 0 heteroatoms. The van der Waals surface area contributed by atoms with Crippen LogP contribution in [0, 0.1) is 10.8 Å². The second-order valence-electron chi connectivity index (χ2n) is 6.20. The van der Waals surface area contributed by atoms with Crippen LogP contribution in [0.5, 0.6) is 0 Å². The lowest BCUT2D eigenvalue weighted by Crippen LogP contribution is -2.08. The fraction of sp³-hybridized carbons (Fsp3) is 0.714. The van der Waals surface area contributed by atoms with Crippen molar-refractivity contribution in [3.63, 3.8) is 0 Å². The van der Waals surface area contributed by atoms with Crippen molar-refractivity contribution in [2.45, 2.75) is 55.4 Å². The highest BCUT2D eigenvalue weighted by Gasteiger charge is 2.13. The molecule has 0 aromatic rings. The van der Waals surface area contributed by atoms with E-state index in [4.69, 9.17) is 0 Å². The van der Waals surface area contributed by atoms with Gasteiger partial charge < -0.3 is 0 Å².